The second kappa shape index (κ2) is 5.81. The maximum Gasteiger partial charge on any atom is 0.379 e. The van der Waals surface area contributed by atoms with E-state index >= 15 is 0 Å². The number of hydrogen-bond acceptors (Lipinski definition) is 6. The lowest BCUT2D eigenvalue weighted by Gasteiger charge is -1.93. The van der Waals surface area contributed by atoms with Gasteiger partial charge in [-0.2, -0.15) is 4.98 Å². The van der Waals surface area contributed by atoms with Crippen LogP contribution in [0.25, 0.3) is 12.2 Å². The summed E-state index contributed by atoms with van der Waals surface area (Å²) in [6.45, 7) is 1.98. The van der Waals surface area contributed by atoms with Gasteiger partial charge >= 0.3 is 5.97 Å². The van der Waals surface area contributed by atoms with Gasteiger partial charge in [0.15, 0.2) is 0 Å². The first kappa shape index (κ1) is 12.8. The lowest BCUT2D eigenvalue weighted by molar-refractivity contribution is 0.0508. The molecule has 0 spiro atoms. The minimum absolute atomic E-state index is 0.0844. The average Bonchev–Trinajstić information content (AvgIpc) is 2.87. The van der Waals surface area contributed by atoms with Crippen LogP contribution in [0.5, 0.6) is 0 Å². The number of esters is 1. The van der Waals surface area contributed by atoms with Crippen molar-refractivity contribution in [2.75, 3.05) is 12.3 Å². The van der Waals surface area contributed by atoms with E-state index in [9.17, 15) is 4.79 Å². The van der Waals surface area contributed by atoms with E-state index in [2.05, 4.69) is 10.1 Å². The first-order valence-corrected chi connectivity index (χ1v) is 5.73. The van der Waals surface area contributed by atoms with Gasteiger partial charge in [0.2, 0.25) is 0 Å². The van der Waals surface area contributed by atoms with Crippen molar-refractivity contribution in [2.45, 2.75) is 6.92 Å². The van der Waals surface area contributed by atoms with Crippen molar-refractivity contribution in [3.63, 3.8) is 0 Å². The Kier molecular flexibility index (Phi) is 3.92. The van der Waals surface area contributed by atoms with Crippen molar-refractivity contribution in [1.29, 1.82) is 0 Å². The van der Waals surface area contributed by atoms with E-state index in [-0.39, 0.29) is 18.3 Å². The minimum Gasteiger partial charge on any atom is -0.460 e. The SMILES string of the molecule is CCOC(=O)c1noc(/C=C/c2ccc(N)cc2)n1. The molecule has 0 radical (unpaired) electrons. The second-order valence-electron chi connectivity index (χ2n) is 3.68. The zero-order valence-corrected chi connectivity index (χ0v) is 10.4. The molecule has 0 unspecified atom stereocenters. The molecule has 2 aromatic rings. The molecule has 0 saturated carbocycles. The molecule has 1 aromatic carbocycles. The molecule has 0 aliphatic heterocycles. The van der Waals surface area contributed by atoms with Gasteiger partial charge in [-0.05, 0) is 35.9 Å². The summed E-state index contributed by atoms with van der Waals surface area (Å²) in [4.78, 5) is 15.2. The Balaban J connectivity index is 2.07. The number of hydrogen-bond donors (Lipinski definition) is 1. The highest BCUT2D eigenvalue weighted by molar-refractivity contribution is 5.85. The average molecular weight is 259 g/mol. The zero-order chi connectivity index (χ0) is 13.7. The first-order chi connectivity index (χ1) is 9.19. The van der Waals surface area contributed by atoms with Crippen LogP contribution in [0.2, 0.25) is 0 Å². The molecule has 19 heavy (non-hydrogen) atoms. The molecule has 0 bridgehead atoms. The summed E-state index contributed by atoms with van der Waals surface area (Å²) < 4.78 is 9.66. The van der Waals surface area contributed by atoms with Gasteiger partial charge in [0, 0.05) is 11.8 Å². The molecular weight excluding hydrogens is 246 g/mol. The number of rotatable bonds is 4. The maximum atomic E-state index is 11.3. The number of ether oxygens (including phenoxy) is 1. The van der Waals surface area contributed by atoms with Crippen LogP contribution in [0.3, 0.4) is 0 Å². The van der Waals surface area contributed by atoms with E-state index in [4.69, 9.17) is 15.0 Å². The molecule has 98 valence electrons. The van der Waals surface area contributed by atoms with Crippen LogP contribution in [0.15, 0.2) is 28.8 Å². The molecule has 1 heterocycles. The van der Waals surface area contributed by atoms with Gasteiger partial charge in [0.25, 0.3) is 11.7 Å². The van der Waals surface area contributed by atoms with Gasteiger partial charge in [-0.25, -0.2) is 4.79 Å². The molecule has 2 N–H and O–H groups in total. The molecule has 1 aromatic heterocycles. The predicted molar refractivity (Wildman–Crippen MR) is 70.0 cm³/mol. The van der Waals surface area contributed by atoms with E-state index in [1.165, 1.54) is 0 Å². The first-order valence-electron chi connectivity index (χ1n) is 5.73. The van der Waals surface area contributed by atoms with E-state index in [0.29, 0.717) is 5.69 Å². The van der Waals surface area contributed by atoms with Crippen LogP contribution in [0.1, 0.15) is 29.0 Å². The van der Waals surface area contributed by atoms with Crippen LogP contribution < -0.4 is 5.73 Å². The molecule has 0 atom stereocenters. The molecule has 0 aliphatic carbocycles. The lowest BCUT2D eigenvalue weighted by Crippen LogP contribution is -2.06. The molecule has 2 rings (SSSR count). The van der Waals surface area contributed by atoms with Gasteiger partial charge in [-0.3, -0.25) is 0 Å². The topological polar surface area (TPSA) is 91.2 Å². The number of benzene rings is 1. The number of aromatic nitrogens is 2. The van der Waals surface area contributed by atoms with Crippen LogP contribution in [0, 0.1) is 0 Å². The van der Waals surface area contributed by atoms with Gasteiger partial charge < -0.3 is 15.0 Å². The Labute approximate surface area is 109 Å². The van der Waals surface area contributed by atoms with Crippen LogP contribution >= 0.6 is 0 Å². The Morgan fingerprint density at radius 3 is 2.79 bits per heavy atom. The van der Waals surface area contributed by atoms with Crippen molar-refractivity contribution < 1.29 is 14.1 Å². The van der Waals surface area contributed by atoms with Crippen molar-refractivity contribution in [1.82, 2.24) is 10.1 Å². The summed E-state index contributed by atoms with van der Waals surface area (Å²) in [5.41, 5.74) is 7.21. The summed E-state index contributed by atoms with van der Waals surface area (Å²) >= 11 is 0. The summed E-state index contributed by atoms with van der Waals surface area (Å²) in [5, 5.41) is 3.53. The van der Waals surface area contributed by atoms with Crippen molar-refractivity contribution in [3.05, 3.63) is 41.5 Å². The molecule has 0 aliphatic rings. The van der Waals surface area contributed by atoms with Crippen LogP contribution in [-0.2, 0) is 4.74 Å². The van der Waals surface area contributed by atoms with E-state index in [0.717, 1.165) is 5.56 Å². The highest BCUT2D eigenvalue weighted by Gasteiger charge is 2.13. The zero-order valence-electron chi connectivity index (χ0n) is 10.4. The number of nitrogens with zero attached hydrogens (tertiary/aromatic N) is 2. The standard InChI is InChI=1S/C13H13N3O3/c1-2-18-13(17)12-15-11(19-16-12)8-5-9-3-6-10(14)7-4-9/h3-8H,2,14H2,1H3/b8-5+. The highest BCUT2D eigenvalue weighted by Crippen LogP contribution is 2.09. The van der Waals surface area contributed by atoms with Gasteiger partial charge in [-0.1, -0.05) is 12.1 Å². The predicted octanol–water partition coefficient (Wildman–Crippen LogP) is 2.00. The molecule has 0 amide bonds. The fraction of sp³-hybridized carbons (Fsp3) is 0.154. The fourth-order valence-electron chi connectivity index (χ4n) is 1.36. The highest BCUT2D eigenvalue weighted by atomic mass is 16.5. The number of carbonyl (C=O) groups excluding carboxylic acids is 1. The minimum atomic E-state index is -0.599. The van der Waals surface area contributed by atoms with E-state index in [1.807, 2.05) is 12.1 Å². The maximum absolute atomic E-state index is 11.3. The Morgan fingerprint density at radius 2 is 2.11 bits per heavy atom. The lowest BCUT2D eigenvalue weighted by atomic mass is 10.2. The molecule has 6 heteroatoms. The van der Waals surface area contributed by atoms with Gasteiger partial charge in [0.1, 0.15) is 0 Å². The third-order valence-corrected chi connectivity index (χ3v) is 2.25. The molecule has 0 saturated heterocycles. The monoisotopic (exact) mass is 259 g/mol. The van der Waals surface area contributed by atoms with Gasteiger partial charge in [-0.15, -0.1) is 0 Å². The van der Waals surface area contributed by atoms with E-state index in [1.54, 1.807) is 31.2 Å². The summed E-state index contributed by atoms with van der Waals surface area (Å²) in [5.74, 6) is -0.447. The number of carbonyl (C=O) groups is 1. The Bertz CT molecular complexity index is 587. The summed E-state index contributed by atoms with van der Waals surface area (Å²) in [7, 11) is 0. The van der Waals surface area contributed by atoms with Crippen LogP contribution in [0.4, 0.5) is 5.69 Å². The normalized spacial score (nSPS) is 10.8. The third kappa shape index (κ3) is 3.41. The smallest absolute Gasteiger partial charge is 0.379 e. The second-order valence-corrected chi connectivity index (χ2v) is 3.68. The Morgan fingerprint density at radius 1 is 1.37 bits per heavy atom. The number of nitrogens with two attached hydrogens (primary N) is 1. The molecular formula is C13H13N3O3. The van der Waals surface area contributed by atoms with Crippen molar-refractivity contribution in [2.24, 2.45) is 0 Å². The fourth-order valence-corrected chi connectivity index (χ4v) is 1.36. The summed E-state index contributed by atoms with van der Waals surface area (Å²) in [6, 6.07) is 7.29. The van der Waals surface area contributed by atoms with E-state index < -0.39 is 5.97 Å². The van der Waals surface area contributed by atoms with Crippen molar-refractivity contribution in [3.8, 4) is 0 Å². The molecule has 0 fully saturated rings. The van der Waals surface area contributed by atoms with Crippen molar-refractivity contribution >= 4 is 23.8 Å². The molecule has 6 nitrogen and oxygen atoms in total. The third-order valence-electron chi connectivity index (χ3n) is 2.25. The number of nitrogen functional groups attached to an aromatic ring is 1. The van der Waals surface area contributed by atoms with Crippen LogP contribution in [-0.4, -0.2) is 22.7 Å². The quantitative estimate of drug-likeness (QED) is 0.667. The number of anilines is 1. The summed E-state index contributed by atoms with van der Waals surface area (Å²) in [6.07, 6.45) is 3.39. The largest absolute Gasteiger partial charge is 0.460 e. The Hall–Kier alpha value is -2.63. The van der Waals surface area contributed by atoms with Gasteiger partial charge in [0.05, 0.1) is 6.61 Å².